The van der Waals surface area contributed by atoms with Gasteiger partial charge in [-0.05, 0) is 33.6 Å². The molecule has 0 amide bonds. The highest BCUT2D eigenvalue weighted by atomic mass is 15.6. The lowest BCUT2D eigenvalue weighted by atomic mass is 10.3. The molecule has 13 heavy (non-hydrogen) atoms. The number of azide groups is 1. The summed E-state index contributed by atoms with van der Waals surface area (Å²) < 4.78 is 0. The van der Waals surface area contributed by atoms with Crippen molar-refractivity contribution in [3.05, 3.63) is 10.4 Å². The van der Waals surface area contributed by atoms with E-state index in [1.165, 1.54) is 0 Å². The van der Waals surface area contributed by atoms with Crippen molar-refractivity contribution in [2.24, 2.45) is 5.11 Å². The van der Waals surface area contributed by atoms with Gasteiger partial charge >= 0.3 is 0 Å². The van der Waals surface area contributed by atoms with Crippen LogP contribution in [-0.4, -0.2) is 55.0 Å². The van der Waals surface area contributed by atoms with Gasteiger partial charge in [0.2, 0.25) is 0 Å². The molecule has 0 saturated carbocycles. The van der Waals surface area contributed by atoms with Crippen molar-refractivity contribution >= 4 is 0 Å². The van der Waals surface area contributed by atoms with Crippen LogP contribution in [0.2, 0.25) is 0 Å². The molecule has 1 saturated heterocycles. The first-order valence-electron chi connectivity index (χ1n) is 4.24. The summed E-state index contributed by atoms with van der Waals surface area (Å²) in [6.07, 6.45) is 0.128. The summed E-state index contributed by atoms with van der Waals surface area (Å²) in [5.74, 6) is 0. The largest absolute Gasteiger partial charge is 0.278 e. The minimum absolute atomic E-state index is 0.170. The molecule has 2 unspecified atom stereocenters. The molecule has 6 heteroatoms. The van der Waals surface area contributed by atoms with Crippen molar-refractivity contribution in [2.75, 3.05) is 27.8 Å². The molecule has 2 atom stereocenters. The van der Waals surface area contributed by atoms with E-state index in [-0.39, 0.29) is 6.29 Å². The minimum atomic E-state index is -0.170. The SMILES string of the molecule is CC1N(C)CN(C)C(N=[N+]=[N-])N1C. The Morgan fingerprint density at radius 2 is 1.92 bits per heavy atom. The fourth-order valence-electron chi connectivity index (χ4n) is 1.57. The van der Waals surface area contributed by atoms with Gasteiger partial charge in [-0.2, -0.15) is 0 Å². The van der Waals surface area contributed by atoms with Crippen molar-refractivity contribution in [3.63, 3.8) is 0 Å². The van der Waals surface area contributed by atoms with Gasteiger partial charge in [-0.3, -0.25) is 14.7 Å². The van der Waals surface area contributed by atoms with E-state index in [0.29, 0.717) is 6.17 Å². The van der Waals surface area contributed by atoms with Crippen LogP contribution in [-0.2, 0) is 0 Å². The summed E-state index contributed by atoms with van der Waals surface area (Å²) in [6, 6.07) is 0. The molecule has 0 radical (unpaired) electrons. The Bertz CT molecular complexity index is 223. The lowest BCUT2D eigenvalue weighted by molar-refractivity contribution is -0.0876. The predicted molar refractivity (Wildman–Crippen MR) is 50.6 cm³/mol. The second-order valence-corrected chi connectivity index (χ2v) is 3.50. The molecule has 0 spiro atoms. The van der Waals surface area contributed by atoms with Gasteiger partial charge in [0.1, 0.15) is 6.29 Å². The Kier molecular flexibility index (Phi) is 3.11. The van der Waals surface area contributed by atoms with Gasteiger partial charge in [0.25, 0.3) is 0 Å². The van der Waals surface area contributed by atoms with Crippen LogP contribution in [0, 0.1) is 0 Å². The highest BCUT2D eigenvalue weighted by Gasteiger charge is 2.30. The highest BCUT2D eigenvalue weighted by Crippen LogP contribution is 2.16. The Labute approximate surface area is 78.3 Å². The van der Waals surface area contributed by atoms with E-state index in [0.717, 1.165) is 6.67 Å². The van der Waals surface area contributed by atoms with Crippen LogP contribution >= 0.6 is 0 Å². The molecular formula is C7H16N6. The van der Waals surface area contributed by atoms with E-state index in [1.54, 1.807) is 0 Å². The van der Waals surface area contributed by atoms with Gasteiger partial charge in [0, 0.05) is 4.91 Å². The van der Waals surface area contributed by atoms with E-state index >= 15 is 0 Å². The molecule has 74 valence electrons. The zero-order chi connectivity index (χ0) is 10.0. The lowest BCUT2D eigenvalue weighted by Gasteiger charge is -2.46. The Hall–Kier alpha value is -0.810. The van der Waals surface area contributed by atoms with Crippen molar-refractivity contribution < 1.29 is 0 Å². The second-order valence-electron chi connectivity index (χ2n) is 3.50. The molecule has 1 fully saturated rings. The van der Waals surface area contributed by atoms with E-state index in [2.05, 4.69) is 21.8 Å². The lowest BCUT2D eigenvalue weighted by Crippen LogP contribution is -2.61. The molecule has 6 nitrogen and oxygen atoms in total. The fourth-order valence-corrected chi connectivity index (χ4v) is 1.57. The summed E-state index contributed by atoms with van der Waals surface area (Å²) in [4.78, 5) is 9.06. The first-order valence-corrected chi connectivity index (χ1v) is 4.24. The second kappa shape index (κ2) is 3.93. The molecule has 0 aliphatic carbocycles. The molecule has 0 aromatic rings. The third-order valence-electron chi connectivity index (χ3n) is 2.59. The average Bonchev–Trinajstić information content (AvgIpc) is 2.09. The molecular weight excluding hydrogens is 168 g/mol. The maximum Gasteiger partial charge on any atom is 0.145 e. The van der Waals surface area contributed by atoms with Crippen LogP contribution in [0.5, 0.6) is 0 Å². The van der Waals surface area contributed by atoms with E-state index in [4.69, 9.17) is 5.53 Å². The summed E-state index contributed by atoms with van der Waals surface area (Å²) in [6.45, 7) is 2.90. The van der Waals surface area contributed by atoms with Gasteiger partial charge in [0.05, 0.1) is 12.8 Å². The molecule has 1 heterocycles. The Morgan fingerprint density at radius 1 is 1.31 bits per heavy atom. The molecule has 0 bridgehead atoms. The smallest absolute Gasteiger partial charge is 0.145 e. The summed E-state index contributed by atoms with van der Waals surface area (Å²) >= 11 is 0. The number of nitrogens with zero attached hydrogens (tertiary/aromatic N) is 6. The maximum absolute atomic E-state index is 8.40. The van der Waals surface area contributed by atoms with Crippen molar-refractivity contribution in [2.45, 2.75) is 19.4 Å². The Morgan fingerprint density at radius 3 is 2.46 bits per heavy atom. The average molecular weight is 184 g/mol. The summed E-state index contributed by atoms with van der Waals surface area (Å²) in [7, 11) is 5.94. The third kappa shape index (κ3) is 1.92. The molecule has 0 N–H and O–H groups in total. The maximum atomic E-state index is 8.40. The van der Waals surface area contributed by atoms with Gasteiger partial charge in [-0.25, -0.2) is 0 Å². The van der Waals surface area contributed by atoms with Gasteiger partial charge in [-0.15, -0.1) is 0 Å². The van der Waals surface area contributed by atoms with E-state index in [1.807, 2.05) is 30.9 Å². The number of hydrogen-bond acceptors (Lipinski definition) is 4. The highest BCUT2D eigenvalue weighted by molar-refractivity contribution is 4.76. The van der Waals surface area contributed by atoms with Crippen molar-refractivity contribution in [1.29, 1.82) is 0 Å². The minimum Gasteiger partial charge on any atom is -0.278 e. The Balaban J connectivity index is 2.78. The van der Waals surface area contributed by atoms with Crippen LogP contribution in [0.4, 0.5) is 0 Å². The van der Waals surface area contributed by atoms with Gasteiger partial charge in [0.15, 0.2) is 0 Å². The van der Waals surface area contributed by atoms with Crippen LogP contribution in [0.15, 0.2) is 5.11 Å². The van der Waals surface area contributed by atoms with E-state index in [9.17, 15) is 0 Å². The molecule has 1 rings (SSSR count). The van der Waals surface area contributed by atoms with Gasteiger partial charge in [-0.1, -0.05) is 5.11 Å². The standard InChI is InChI=1S/C7H16N6/c1-6-11(2)5-12(3)7(9-10-8)13(6)4/h6-7H,5H2,1-4H3. The normalized spacial score (nSPS) is 32.9. The molecule has 1 aliphatic rings. The predicted octanol–water partition coefficient (Wildman–Crippen LogP) is 0.693. The molecule has 0 aromatic heterocycles. The van der Waals surface area contributed by atoms with Crippen LogP contribution < -0.4 is 0 Å². The quantitative estimate of drug-likeness (QED) is 0.342. The first-order chi connectivity index (χ1) is 6.07. The number of hydrogen-bond donors (Lipinski definition) is 0. The zero-order valence-corrected chi connectivity index (χ0v) is 8.55. The van der Waals surface area contributed by atoms with Crippen LogP contribution in [0.3, 0.4) is 0 Å². The summed E-state index contributed by atoms with van der Waals surface area (Å²) in [5, 5.41) is 3.74. The number of rotatable bonds is 1. The molecule has 0 aromatic carbocycles. The third-order valence-corrected chi connectivity index (χ3v) is 2.59. The van der Waals surface area contributed by atoms with Crippen molar-refractivity contribution in [3.8, 4) is 0 Å². The first kappa shape index (κ1) is 10.3. The zero-order valence-electron chi connectivity index (χ0n) is 8.55. The van der Waals surface area contributed by atoms with E-state index < -0.39 is 0 Å². The van der Waals surface area contributed by atoms with Crippen molar-refractivity contribution in [1.82, 2.24) is 14.7 Å². The fraction of sp³-hybridized carbons (Fsp3) is 1.00. The van der Waals surface area contributed by atoms with Crippen LogP contribution in [0.25, 0.3) is 10.4 Å². The van der Waals surface area contributed by atoms with Gasteiger partial charge < -0.3 is 0 Å². The topological polar surface area (TPSA) is 58.5 Å². The molecule has 1 aliphatic heterocycles. The monoisotopic (exact) mass is 184 g/mol. The van der Waals surface area contributed by atoms with Crippen LogP contribution in [0.1, 0.15) is 6.92 Å². The summed E-state index contributed by atoms with van der Waals surface area (Å²) in [5.41, 5.74) is 8.40.